The lowest BCUT2D eigenvalue weighted by molar-refractivity contribution is -0.134. The molecule has 2 N–H and O–H groups in total. The first-order valence-electron chi connectivity index (χ1n) is 5.43. The van der Waals surface area contributed by atoms with Gasteiger partial charge in [0.05, 0.1) is 11.0 Å². The highest BCUT2D eigenvalue weighted by molar-refractivity contribution is 5.84. The summed E-state index contributed by atoms with van der Waals surface area (Å²) in [6, 6.07) is 7.63. The molecule has 3 aromatic rings. The number of imidazole rings is 1. The molecule has 0 aliphatic heterocycles. The summed E-state index contributed by atoms with van der Waals surface area (Å²) in [4.78, 5) is 19.2. The van der Waals surface area contributed by atoms with Crippen LogP contribution in [0.4, 0.5) is 5.82 Å². The first-order chi connectivity index (χ1) is 8.75. The number of benzene rings is 1. The van der Waals surface area contributed by atoms with Crippen LogP contribution in [0.15, 0.2) is 36.7 Å². The molecule has 0 saturated heterocycles. The van der Waals surface area contributed by atoms with Crippen LogP contribution in [-0.2, 0) is 4.79 Å². The minimum Gasteiger partial charge on any atom is -0.480 e. The number of hydrogen-bond acceptors (Lipinski definition) is 4. The smallest absolute Gasteiger partial charge is 0.322 e. The monoisotopic (exact) mass is 242 g/mol. The van der Waals surface area contributed by atoms with Gasteiger partial charge < -0.3 is 10.4 Å². The molecule has 0 spiro atoms. The summed E-state index contributed by atoms with van der Waals surface area (Å²) in [7, 11) is 0. The summed E-state index contributed by atoms with van der Waals surface area (Å²) < 4.78 is 1.88. The van der Waals surface area contributed by atoms with Crippen molar-refractivity contribution >= 4 is 28.5 Å². The van der Waals surface area contributed by atoms with E-state index in [-0.39, 0.29) is 6.54 Å². The van der Waals surface area contributed by atoms with Gasteiger partial charge in [-0.05, 0) is 12.1 Å². The van der Waals surface area contributed by atoms with Crippen molar-refractivity contribution in [1.82, 2.24) is 14.4 Å². The van der Waals surface area contributed by atoms with Crippen molar-refractivity contribution in [2.45, 2.75) is 0 Å². The van der Waals surface area contributed by atoms with E-state index in [1.165, 1.54) is 0 Å². The van der Waals surface area contributed by atoms with Crippen molar-refractivity contribution < 1.29 is 9.90 Å². The number of carboxylic acids is 1. The number of carboxylic acid groups (broad SMARTS) is 1. The zero-order valence-electron chi connectivity index (χ0n) is 9.37. The van der Waals surface area contributed by atoms with Gasteiger partial charge in [0.2, 0.25) is 0 Å². The Labute approximate surface area is 102 Å². The largest absolute Gasteiger partial charge is 0.480 e. The van der Waals surface area contributed by atoms with Crippen LogP contribution in [0.1, 0.15) is 0 Å². The molecule has 0 atom stereocenters. The van der Waals surface area contributed by atoms with Gasteiger partial charge in [-0.25, -0.2) is 9.97 Å². The van der Waals surface area contributed by atoms with Crippen LogP contribution in [0, 0.1) is 0 Å². The zero-order valence-corrected chi connectivity index (χ0v) is 9.37. The Morgan fingerprint density at radius 1 is 1.39 bits per heavy atom. The minimum absolute atomic E-state index is 0.187. The molecule has 0 unspecified atom stereocenters. The van der Waals surface area contributed by atoms with Crippen molar-refractivity contribution in [3.05, 3.63) is 36.7 Å². The number of nitrogens with zero attached hydrogens (tertiary/aromatic N) is 3. The van der Waals surface area contributed by atoms with E-state index in [1.54, 1.807) is 6.20 Å². The third-order valence-corrected chi connectivity index (χ3v) is 2.63. The third kappa shape index (κ3) is 1.64. The molecule has 6 nitrogen and oxygen atoms in total. The number of nitrogens with one attached hydrogen (secondary N) is 1. The predicted octanol–water partition coefficient (Wildman–Crippen LogP) is 1.38. The molecule has 0 aliphatic rings. The maximum atomic E-state index is 10.6. The molecule has 2 heterocycles. The van der Waals surface area contributed by atoms with Crippen molar-refractivity contribution in [2.75, 3.05) is 11.9 Å². The maximum Gasteiger partial charge on any atom is 0.322 e. The van der Waals surface area contributed by atoms with Gasteiger partial charge in [0.25, 0.3) is 0 Å². The van der Waals surface area contributed by atoms with E-state index >= 15 is 0 Å². The molecule has 0 bridgehead atoms. The number of hydrogen-bond donors (Lipinski definition) is 2. The molecule has 90 valence electrons. The Morgan fingerprint density at radius 2 is 2.22 bits per heavy atom. The van der Waals surface area contributed by atoms with Gasteiger partial charge in [-0.3, -0.25) is 9.20 Å². The lowest BCUT2D eigenvalue weighted by Crippen LogP contribution is -2.14. The summed E-state index contributed by atoms with van der Waals surface area (Å²) in [5, 5.41) is 11.5. The highest BCUT2D eigenvalue weighted by atomic mass is 16.4. The number of carbonyl (C=O) groups is 1. The van der Waals surface area contributed by atoms with Crippen LogP contribution in [0.25, 0.3) is 16.7 Å². The number of para-hydroxylation sites is 2. The van der Waals surface area contributed by atoms with Gasteiger partial charge >= 0.3 is 5.97 Å². The zero-order chi connectivity index (χ0) is 12.5. The molecule has 0 aliphatic carbocycles. The number of fused-ring (bicyclic) bond motifs is 3. The molecule has 1 aromatic carbocycles. The average molecular weight is 242 g/mol. The van der Waals surface area contributed by atoms with Crippen molar-refractivity contribution in [3.63, 3.8) is 0 Å². The lowest BCUT2D eigenvalue weighted by atomic mass is 10.3. The lowest BCUT2D eigenvalue weighted by Gasteiger charge is -2.07. The second-order valence-corrected chi connectivity index (χ2v) is 3.82. The Hall–Kier alpha value is -2.63. The summed E-state index contributed by atoms with van der Waals surface area (Å²) in [6.07, 6.45) is 3.49. The van der Waals surface area contributed by atoms with Crippen molar-refractivity contribution in [1.29, 1.82) is 0 Å². The molecule has 3 rings (SSSR count). The topological polar surface area (TPSA) is 79.5 Å². The highest BCUT2D eigenvalue weighted by Crippen LogP contribution is 2.19. The van der Waals surface area contributed by atoms with E-state index in [2.05, 4.69) is 15.3 Å². The fraction of sp³-hybridized carbons (Fsp3) is 0.0833. The van der Waals surface area contributed by atoms with Crippen LogP contribution in [0.3, 0.4) is 0 Å². The number of anilines is 1. The molecule has 2 aromatic heterocycles. The van der Waals surface area contributed by atoms with Crippen LogP contribution >= 0.6 is 0 Å². The molecule has 0 saturated carbocycles. The minimum atomic E-state index is -0.935. The number of rotatable bonds is 3. The van der Waals surface area contributed by atoms with Crippen LogP contribution < -0.4 is 5.32 Å². The van der Waals surface area contributed by atoms with Crippen molar-refractivity contribution in [2.24, 2.45) is 0 Å². The summed E-state index contributed by atoms with van der Waals surface area (Å²) >= 11 is 0. The average Bonchev–Trinajstić information content (AvgIpc) is 2.85. The van der Waals surface area contributed by atoms with E-state index in [9.17, 15) is 4.79 Å². The summed E-state index contributed by atoms with van der Waals surface area (Å²) in [5.41, 5.74) is 2.34. The highest BCUT2D eigenvalue weighted by Gasteiger charge is 2.09. The van der Waals surface area contributed by atoms with Crippen LogP contribution in [0.2, 0.25) is 0 Å². The molecular formula is C12H10N4O2. The molecule has 0 fully saturated rings. The SMILES string of the molecule is O=C(O)CNc1nc2ccccc2n2ccnc12. The number of aliphatic carboxylic acids is 1. The van der Waals surface area contributed by atoms with Gasteiger partial charge in [0, 0.05) is 12.4 Å². The van der Waals surface area contributed by atoms with Crippen molar-refractivity contribution in [3.8, 4) is 0 Å². The van der Waals surface area contributed by atoms with E-state index in [0.29, 0.717) is 11.5 Å². The Morgan fingerprint density at radius 3 is 3.06 bits per heavy atom. The first-order valence-corrected chi connectivity index (χ1v) is 5.43. The van der Waals surface area contributed by atoms with Gasteiger partial charge in [-0.15, -0.1) is 0 Å². The molecule has 18 heavy (non-hydrogen) atoms. The Bertz CT molecular complexity index is 735. The quantitative estimate of drug-likeness (QED) is 0.725. The second-order valence-electron chi connectivity index (χ2n) is 3.82. The number of aromatic nitrogens is 3. The fourth-order valence-corrected chi connectivity index (χ4v) is 1.88. The summed E-state index contributed by atoms with van der Waals surface area (Å²) in [6.45, 7) is -0.187. The standard InChI is InChI=1S/C12H10N4O2/c17-10(18)7-14-11-12-13-5-6-16(12)9-4-2-1-3-8(9)15-11/h1-6H,7H2,(H,14,15)(H,17,18). The van der Waals surface area contributed by atoms with E-state index < -0.39 is 5.97 Å². The molecule has 0 radical (unpaired) electrons. The van der Waals surface area contributed by atoms with E-state index in [4.69, 9.17) is 5.11 Å². The maximum absolute atomic E-state index is 10.6. The van der Waals surface area contributed by atoms with Gasteiger partial charge in [0.1, 0.15) is 6.54 Å². The van der Waals surface area contributed by atoms with Crippen LogP contribution in [-0.4, -0.2) is 32.0 Å². The molecular weight excluding hydrogens is 232 g/mol. The summed E-state index contributed by atoms with van der Waals surface area (Å²) in [5.74, 6) is -0.462. The van der Waals surface area contributed by atoms with E-state index in [1.807, 2.05) is 34.9 Å². The van der Waals surface area contributed by atoms with Crippen LogP contribution in [0.5, 0.6) is 0 Å². The Kier molecular flexibility index (Phi) is 2.33. The third-order valence-electron chi connectivity index (χ3n) is 2.63. The predicted molar refractivity (Wildman–Crippen MR) is 66.6 cm³/mol. The van der Waals surface area contributed by atoms with Gasteiger partial charge in [0.15, 0.2) is 11.5 Å². The second kappa shape index (κ2) is 3.99. The molecule has 6 heteroatoms. The Balaban J connectivity index is 2.22. The van der Waals surface area contributed by atoms with Gasteiger partial charge in [-0.1, -0.05) is 12.1 Å². The molecule has 0 amide bonds. The van der Waals surface area contributed by atoms with E-state index in [0.717, 1.165) is 11.0 Å². The fourth-order valence-electron chi connectivity index (χ4n) is 1.88. The normalized spacial score (nSPS) is 10.9. The van der Waals surface area contributed by atoms with Gasteiger partial charge in [-0.2, -0.15) is 0 Å². The first kappa shape index (κ1) is 10.5.